The molecule has 3 aromatic rings. The smallest absolute Gasteiger partial charge is 0.255 e. The van der Waals surface area contributed by atoms with Gasteiger partial charge in [0.15, 0.2) is 0 Å². The van der Waals surface area contributed by atoms with Gasteiger partial charge in [-0.1, -0.05) is 50.2 Å². The van der Waals surface area contributed by atoms with Crippen LogP contribution < -0.4 is 10.9 Å². The lowest BCUT2D eigenvalue weighted by Crippen LogP contribution is -2.65. The Bertz CT molecular complexity index is 1150. The van der Waals surface area contributed by atoms with E-state index in [1.54, 1.807) is 11.1 Å². The summed E-state index contributed by atoms with van der Waals surface area (Å²) in [7, 11) is 0. The van der Waals surface area contributed by atoms with Crippen LogP contribution in [-0.4, -0.2) is 28.9 Å². The molecule has 0 bridgehead atoms. The largest absolute Gasteiger partial charge is 0.372 e. The summed E-state index contributed by atoms with van der Waals surface area (Å²) in [6, 6.07) is 13.4. The van der Waals surface area contributed by atoms with Crippen LogP contribution in [-0.2, 0) is 10.3 Å². The number of hydrogen-bond acceptors (Lipinski definition) is 3. The molecule has 1 saturated heterocycles. The SMILES string of the molecule is C=CC(=O)N1CC(Nc2ccc3cc[nH]c(=O)c3c2)(c2cccc(Cl)c2C)C1.CC. The van der Waals surface area contributed by atoms with Gasteiger partial charge in [0.25, 0.3) is 5.56 Å². The molecule has 1 aromatic heterocycles. The first-order valence-corrected chi connectivity index (χ1v) is 10.4. The molecule has 2 N–H and O–H groups in total. The Hall–Kier alpha value is -3.05. The van der Waals surface area contributed by atoms with Crippen molar-refractivity contribution in [1.82, 2.24) is 9.88 Å². The highest BCUT2D eigenvalue weighted by molar-refractivity contribution is 6.31. The summed E-state index contributed by atoms with van der Waals surface area (Å²) in [6.07, 6.45) is 2.96. The number of fused-ring (bicyclic) bond motifs is 1. The number of carbonyl (C=O) groups is 1. The highest BCUT2D eigenvalue weighted by atomic mass is 35.5. The fourth-order valence-electron chi connectivity index (χ4n) is 3.87. The number of pyridine rings is 1. The van der Waals surface area contributed by atoms with E-state index in [2.05, 4.69) is 16.9 Å². The van der Waals surface area contributed by atoms with Gasteiger partial charge in [0.1, 0.15) is 0 Å². The topological polar surface area (TPSA) is 65.2 Å². The van der Waals surface area contributed by atoms with Crippen LogP contribution in [0.3, 0.4) is 0 Å². The Kier molecular flexibility index (Phi) is 6.32. The maximum atomic E-state index is 12.2. The lowest BCUT2D eigenvalue weighted by molar-refractivity contribution is -0.132. The standard InChI is InChI=1S/C22H20ClN3O2.C2H6/c1-3-20(27)26-12-22(13-26,18-5-4-6-19(23)14(18)2)25-16-8-7-15-9-10-24-21(28)17(15)11-16;1-2/h3-11,25H,1,12-13H2,2H3,(H,24,28);1-2H3. The average molecular weight is 424 g/mol. The molecular weight excluding hydrogens is 398 g/mol. The minimum Gasteiger partial charge on any atom is -0.372 e. The minimum atomic E-state index is -0.483. The van der Waals surface area contributed by atoms with Gasteiger partial charge in [-0.3, -0.25) is 9.59 Å². The summed E-state index contributed by atoms with van der Waals surface area (Å²) < 4.78 is 0. The number of anilines is 1. The summed E-state index contributed by atoms with van der Waals surface area (Å²) in [5, 5.41) is 5.74. The van der Waals surface area contributed by atoms with E-state index in [-0.39, 0.29) is 11.5 Å². The van der Waals surface area contributed by atoms with Gasteiger partial charge in [-0.05, 0) is 53.8 Å². The van der Waals surface area contributed by atoms with Crippen molar-refractivity contribution in [1.29, 1.82) is 0 Å². The number of rotatable bonds is 4. The molecule has 6 heteroatoms. The van der Waals surface area contributed by atoms with Crippen LogP contribution in [0.2, 0.25) is 5.02 Å². The molecule has 0 saturated carbocycles. The molecule has 1 amide bonds. The van der Waals surface area contributed by atoms with E-state index in [1.165, 1.54) is 6.08 Å². The van der Waals surface area contributed by atoms with Crippen molar-refractivity contribution in [2.45, 2.75) is 26.3 Å². The number of likely N-dealkylation sites (tertiary alicyclic amines) is 1. The molecule has 2 heterocycles. The number of halogens is 1. The minimum absolute atomic E-state index is 0.105. The van der Waals surface area contributed by atoms with E-state index in [1.807, 2.05) is 63.2 Å². The molecule has 1 fully saturated rings. The van der Waals surface area contributed by atoms with E-state index in [9.17, 15) is 9.59 Å². The summed E-state index contributed by atoms with van der Waals surface area (Å²) >= 11 is 6.36. The normalized spacial score (nSPS) is 14.3. The third-order valence-electron chi connectivity index (χ3n) is 5.35. The van der Waals surface area contributed by atoms with Gasteiger partial charge in [0.05, 0.1) is 18.6 Å². The van der Waals surface area contributed by atoms with Crippen LogP contribution in [0.5, 0.6) is 0 Å². The highest BCUT2D eigenvalue weighted by Gasteiger charge is 2.47. The molecule has 0 aliphatic carbocycles. The van der Waals surface area contributed by atoms with Gasteiger partial charge in [-0.2, -0.15) is 0 Å². The van der Waals surface area contributed by atoms with Gasteiger partial charge in [-0.25, -0.2) is 0 Å². The van der Waals surface area contributed by atoms with Crippen molar-refractivity contribution >= 4 is 34.0 Å². The fourth-order valence-corrected chi connectivity index (χ4v) is 4.04. The maximum Gasteiger partial charge on any atom is 0.255 e. The molecule has 1 aliphatic rings. The Balaban J connectivity index is 0.00000124. The van der Waals surface area contributed by atoms with Crippen molar-refractivity contribution in [3.05, 3.63) is 87.8 Å². The summed E-state index contributed by atoms with van der Waals surface area (Å²) in [6.45, 7) is 10.5. The number of carbonyl (C=O) groups excluding carboxylic acids is 1. The van der Waals surface area contributed by atoms with Crippen LogP contribution in [0.4, 0.5) is 5.69 Å². The number of H-pyrrole nitrogens is 1. The molecule has 0 radical (unpaired) electrons. The van der Waals surface area contributed by atoms with E-state index in [0.717, 1.165) is 22.2 Å². The Morgan fingerprint density at radius 1 is 1.23 bits per heavy atom. The van der Waals surface area contributed by atoms with Crippen molar-refractivity contribution in [3.8, 4) is 0 Å². The Labute approximate surface area is 181 Å². The first kappa shape index (κ1) is 21.7. The quantitative estimate of drug-likeness (QED) is 0.589. The number of nitrogens with zero attached hydrogens (tertiary/aromatic N) is 1. The zero-order chi connectivity index (χ0) is 21.9. The monoisotopic (exact) mass is 423 g/mol. The van der Waals surface area contributed by atoms with Gasteiger partial charge in [0, 0.05) is 22.3 Å². The van der Waals surface area contributed by atoms with Gasteiger partial charge in [0.2, 0.25) is 5.91 Å². The van der Waals surface area contributed by atoms with Crippen LogP contribution in [0, 0.1) is 6.92 Å². The van der Waals surface area contributed by atoms with Gasteiger partial charge >= 0.3 is 0 Å². The molecule has 156 valence electrons. The third-order valence-corrected chi connectivity index (χ3v) is 5.76. The molecule has 30 heavy (non-hydrogen) atoms. The average Bonchev–Trinajstić information content (AvgIpc) is 2.74. The lowest BCUT2D eigenvalue weighted by Gasteiger charge is -2.51. The molecule has 0 unspecified atom stereocenters. The van der Waals surface area contributed by atoms with Crippen molar-refractivity contribution in [2.75, 3.05) is 18.4 Å². The Morgan fingerprint density at radius 3 is 2.67 bits per heavy atom. The molecular formula is C24H26ClN3O2. The number of hydrogen-bond donors (Lipinski definition) is 2. The van der Waals surface area contributed by atoms with Crippen molar-refractivity contribution < 1.29 is 4.79 Å². The predicted octanol–water partition coefficient (Wildman–Crippen LogP) is 4.85. The predicted molar refractivity (Wildman–Crippen MR) is 124 cm³/mol. The van der Waals surface area contributed by atoms with Crippen molar-refractivity contribution in [3.63, 3.8) is 0 Å². The van der Waals surface area contributed by atoms with Crippen LogP contribution in [0.15, 0.2) is 66.1 Å². The highest BCUT2D eigenvalue weighted by Crippen LogP contribution is 2.39. The summed E-state index contributed by atoms with van der Waals surface area (Å²) in [4.78, 5) is 28.6. The zero-order valence-electron chi connectivity index (χ0n) is 17.5. The molecule has 5 nitrogen and oxygen atoms in total. The molecule has 0 spiro atoms. The molecule has 2 aromatic carbocycles. The van der Waals surface area contributed by atoms with Crippen LogP contribution >= 0.6 is 11.6 Å². The Morgan fingerprint density at radius 2 is 1.97 bits per heavy atom. The van der Waals surface area contributed by atoms with Crippen LogP contribution in [0.1, 0.15) is 25.0 Å². The summed E-state index contributed by atoms with van der Waals surface area (Å²) in [5.74, 6) is -0.105. The second-order valence-corrected chi connectivity index (χ2v) is 7.53. The van der Waals surface area contributed by atoms with E-state index < -0.39 is 5.54 Å². The number of amides is 1. The van der Waals surface area contributed by atoms with E-state index in [0.29, 0.717) is 23.5 Å². The molecule has 4 rings (SSSR count). The second kappa shape index (κ2) is 8.76. The van der Waals surface area contributed by atoms with Gasteiger partial charge < -0.3 is 15.2 Å². The number of aromatic amines is 1. The first-order chi connectivity index (χ1) is 14.4. The zero-order valence-corrected chi connectivity index (χ0v) is 18.2. The van der Waals surface area contributed by atoms with Crippen molar-refractivity contribution in [2.24, 2.45) is 0 Å². The van der Waals surface area contributed by atoms with Gasteiger partial charge in [-0.15, -0.1) is 0 Å². The number of aromatic nitrogens is 1. The third kappa shape index (κ3) is 3.85. The number of nitrogens with one attached hydrogen (secondary N) is 2. The lowest BCUT2D eigenvalue weighted by atomic mass is 9.79. The van der Waals surface area contributed by atoms with E-state index in [4.69, 9.17) is 11.6 Å². The number of benzene rings is 2. The molecule has 0 atom stereocenters. The molecule has 1 aliphatic heterocycles. The first-order valence-electron chi connectivity index (χ1n) is 10.0. The maximum absolute atomic E-state index is 12.2. The summed E-state index contributed by atoms with van der Waals surface area (Å²) in [5.41, 5.74) is 2.21. The van der Waals surface area contributed by atoms with E-state index >= 15 is 0 Å². The fraction of sp³-hybridized carbons (Fsp3) is 0.250. The second-order valence-electron chi connectivity index (χ2n) is 7.13. The van der Waals surface area contributed by atoms with Crippen LogP contribution in [0.25, 0.3) is 10.8 Å².